The Morgan fingerprint density at radius 1 is 0.714 bits per heavy atom. The molecule has 3 nitrogen and oxygen atoms in total. The molecule has 1 aromatic heterocycles. The molecule has 172 valence electrons. The molecule has 0 saturated carbocycles. The van der Waals surface area contributed by atoms with Gasteiger partial charge in [-0.1, -0.05) is 78.9 Å². The van der Waals surface area contributed by atoms with E-state index in [0.29, 0.717) is 12.4 Å². The molecule has 4 aromatic carbocycles. The molecule has 3 heteroatoms. The molecule has 0 amide bonds. The number of benzene rings is 4. The van der Waals surface area contributed by atoms with E-state index in [4.69, 9.17) is 10.7 Å². The van der Waals surface area contributed by atoms with E-state index < -0.39 is 0 Å². The van der Waals surface area contributed by atoms with E-state index in [2.05, 4.69) is 110 Å². The van der Waals surface area contributed by atoms with Gasteiger partial charge in [-0.15, -0.1) is 0 Å². The molecule has 5 aromatic rings. The molecular weight excluding hydrogens is 426 g/mol. The van der Waals surface area contributed by atoms with Gasteiger partial charge in [0, 0.05) is 10.9 Å². The average molecular weight is 456 g/mol. The Bertz CT molecular complexity index is 1530. The fourth-order valence-corrected chi connectivity index (χ4v) is 4.63. The highest BCUT2D eigenvalue weighted by Crippen LogP contribution is 2.37. The second-order valence-corrected chi connectivity index (χ2v) is 9.01. The first-order valence-electron chi connectivity index (χ1n) is 11.9. The molecule has 0 fully saturated rings. The lowest BCUT2D eigenvalue weighted by Gasteiger charge is -2.17. The van der Waals surface area contributed by atoms with Crippen LogP contribution in [0.1, 0.15) is 23.7 Å². The Balaban J connectivity index is 1.78. The number of aryl methyl sites for hydroxylation is 1. The van der Waals surface area contributed by atoms with Crippen molar-refractivity contribution in [3.63, 3.8) is 0 Å². The zero-order chi connectivity index (χ0) is 24.4. The van der Waals surface area contributed by atoms with Gasteiger partial charge in [0.25, 0.3) is 0 Å². The highest BCUT2D eigenvalue weighted by atomic mass is 14.9. The lowest BCUT2D eigenvalue weighted by Crippen LogP contribution is -2.06. The van der Waals surface area contributed by atoms with E-state index in [9.17, 15) is 0 Å². The monoisotopic (exact) mass is 455 g/mol. The van der Waals surface area contributed by atoms with Crippen molar-refractivity contribution in [1.82, 2.24) is 4.98 Å². The molecule has 0 aliphatic heterocycles. The summed E-state index contributed by atoms with van der Waals surface area (Å²) in [5, 5.41) is 2.31. The molecule has 0 unspecified atom stereocenters. The van der Waals surface area contributed by atoms with E-state index in [0.717, 1.165) is 22.3 Å². The van der Waals surface area contributed by atoms with Crippen molar-refractivity contribution in [3.05, 3.63) is 114 Å². The first kappa shape index (κ1) is 22.5. The number of pyridine rings is 1. The summed E-state index contributed by atoms with van der Waals surface area (Å²) in [6.45, 7) is 6.64. The first-order chi connectivity index (χ1) is 17.0. The molecule has 5 rings (SSSR count). The second kappa shape index (κ2) is 9.55. The van der Waals surface area contributed by atoms with Crippen LogP contribution in [0.4, 0.5) is 0 Å². The van der Waals surface area contributed by atoms with Gasteiger partial charge in [0.2, 0.25) is 0 Å². The van der Waals surface area contributed by atoms with Crippen LogP contribution in [0, 0.1) is 13.8 Å². The fraction of sp³-hybridized carbons (Fsp3) is 0.125. The van der Waals surface area contributed by atoms with Crippen LogP contribution in [0.3, 0.4) is 0 Å². The summed E-state index contributed by atoms with van der Waals surface area (Å²) in [4.78, 5) is 9.65. The molecule has 35 heavy (non-hydrogen) atoms. The lowest BCUT2D eigenvalue weighted by molar-refractivity contribution is 1.00. The molecule has 2 N–H and O–H groups in total. The average Bonchev–Trinajstić information content (AvgIpc) is 2.89. The van der Waals surface area contributed by atoms with E-state index in [-0.39, 0.29) is 0 Å². The third-order valence-electron chi connectivity index (χ3n) is 6.54. The quantitative estimate of drug-likeness (QED) is 0.218. The SMILES string of the molecule is CC(N)=NCc1nc(-c2cccc(-c3ccccc3)c2)cc2c(-c3ccccc3)c(C)c(C)cc12. The van der Waals surface area contributed by atoms with Gasteiger partial charge in [-0.2, -0.15) is 0 Å². The zero-order valence-corrected chi connectivity index (χ0v) is 20.4. The lowest BCUT2D eigenvalue weighted by atomic mass is 9.89. The van der Waals surface area contributed by atoms with Crippen molar-refractivity contribution in [1.29, 1.82) is 0 Å². The van der Waals surface area contributed by atoms with Gasteiger partial charge in [0.15, 0.2) is 0 Å². The largest absolute Gasteiger partial charge is 0.388 e. The minimum Gasteiger partial charge on any atom is -0.388 e. The van der Waals surface area contributed by atoms with Crippen LogP contribution in [0.15, 0.2) is 102 Å². The first-order valence-corrected chi connectivity index (χ1v) is 11.9. The van der Waals surface area contributed by atoms with Crippen LogP contribution in [0.5, 0.6) is 0 Å². The van der Waals surface area contributed by atoms with E-state index in [1.807, 2.05) is 13.0 Å². The van der Waals surface area contributed by atoms with Crippen molar-refractivity contribution >= 4 is 16.6 Å². The van der Waals surface area contributed by atoms with Gasteiger partial charge in [-0.3, -0.25) is 9.98 Å². The van der Waals surface area contributed by atoms with Gasteiger partial charge >= 0.3 is 0 Å². The third-order valence-corrected chi connectivity index (χ3v) is 6.54. The van der Waals surface area contributed by atoms with E-state index in [1.165, 1.54) is 38.8 Å². The zero-order valence-electron chi connectivity index (χ0n) is 20.4. The Labute approximate surface area is 207 Å². The molecule has 0 radical (unpaired) electrons. The summed E-state index contributed by atoms with van der Waals surface area (Å²) in [6, 6.07) is 34.1. The van der Waals surface area contributed by atoms with Crippen LogP contribution in [-0.2, 0) is 6.54 Å². The number of hydrogen-bond donors (Lipinski definition) is 1. The smallest absolute Gasteiger partial charge is 0.0910 e. The van der Waals surface area contributed by atoms with Gasteiger partial charge in [0.05, 0.1) is 23.8 Å². The maximum Gasteiger partial charge on any atom is 0.0910 e. The number of amidine groups is 1. The van der Waals surface area contributed by atoms with E-state index >= 15 is 0 Å². The Hall–Kier alpha value is -4.24. The van der Waals surface area contributed by atoms with Crippen molar-refractivity contribution in [2.24, 2.45) is 10.7 Å². The standard InChI is InChI=1S/C32H29N3/c1-21-17-28-29(32(22(21)2)25-13-8-5-9-14-25)19-30(35-31(28)20-34-23(3)33)27-16-10-15-26(18-27)24-11-6-4-7-12-24/h4-19H,20H2,1-3H3,(H2,33,34). The number of aromatic nitrogens is 1. The molecular formula is C32H29N3. The highest BCUT2D eigenvalue weighted by molar-refractivity contribution is 6.02. The summed E-state index contributed by atoms with van der Waals surface area (Å²) in [7, 11) is 0. The molecule has 0 spiro atoms. The summed E-state index contributed by atoms with van der Waals surface area (Å²) in [5.41, 5.74) is 16.2. The number of aliphatic imine (C=N–C) groups is 1. The van der Waals surface area contributed by atoms with Crippen LogP contribution < -0.4 is 5.73 Å². The topological polar surface area (TPSA) is 51.3 Å². The number of nitrogens with zero attached hydrogens (tertiary/aromatic N) is 2. The normalized spacial score (nSPS) is 11.7. The van der Waals surface area contributed by atoms with Crippen molar-refractivity contribution in [2.45, 2.75) is 27.3 Å². The molecule has 0 aliphatic rings. The predicted molar refractivity (Wildman–Crippen MR) is 149 cm³/mol. The highest BCUT2D eigenvalue weighted by Gasteiger charge is 2.16. The third kappa shape index (κ3) is 4.58. The van der Waals surface area contributed by atoms with Crippen molar-refractivity contribution in [3.8, 4) is 33.5 Å². The van der Waals surface area contributed by atoms with Gasteiger partial charge in [-0.25, -0.2) is 0 Å². The van der Waals surface area contributed by atoms with Crippen molar-refractivity contribution in [2.75, 3.05) is 0 Å². The summed E-state index contributed by atoms with van der Waals surface area (Å²) < 4.78 is 0. The summed E-state index contributed by atoms with van der Waals surface area (Å²) in [5.74, 6) is 0.559. The Kier molecular flexibility index (Phi) is 6.15. The van der Waals surface area contributed by atoms with Crippen LogP contribution in [0.2, 0.25) is 0 Å². The number of nitrogens with two attached hydrogens (primary N) is 1. The van der Waals surface area contributed by atoms with Gasteiger partial charge < -0.3 is 5.73 Å². The minimum absolute atomic E-state index is 0.446. The predicted octanol–water partition coefficient (Wildman–Crippen LogP) is 7.73. The molecule has 0 saturated heterocycles. The Morgan fingerprint density at radius 2 is 1.34 bits per heavy atom. The van der Waals surface area contributed by atoms with Crippen LogP contribution >= 0.6 is 0 Å². The minimum atomic E-state index is 0.446. The Morgan fingerprint density at radius 3 is 2.03 bits per heavy atom. The maximum absolute atomic E-state index is 5.91. The van der Waals surface area contributed by atoms with Gasteiger partial charge in [-0.05, 0) is 77.7 Å². The van der Waals surface area contributed by atoms with Crippen LogP contribution in [-0.4, -0.2) is 10.8 Å². The van der Waals surface area contributed by atoms with Gasteiger partial charge in [0.1, 0.15) is 0 Å². The molecule has 1 heterocycles. The molecule has 0 aliphatic carbocycles. The summed E-state index contributed by atoms with van der Waals surface area (Å²) in [6.07, 6.45) is 0. The van der Waals surface area contributed by atoms with Crippen LogP contribution in [0.25, 0.3) is 44.3 Å². The summed E-state index contributed by atoms with van der Waals surface area (Å²) >= 11 is 0. The number of rotatable bonds is 5. The van der Waals surface area contributed by atoms with E-state index in [1.54, 1.807) is 0 Å². The molecule has 0 atom stereocenters. The molecule has 0 bridgehead atoms. The number of fused-ring (bicyclic) bond motifs is 1. The number of hydrogen-bond acceptors (Lipinski definition) is 2. The fourth-order valence-electron chi connectivity index (χ4n) is 4.63. The maximum atomic E-state index is 5.91. The second-order valence-electron chi connectivity index (χ2n) is 9.01. The van der Waals surface area contributed by atoms with Crippen molar-refractivity contribution < 1.29 is 0 Å².